The molecule has 1 heterocycles. The fraction of sp³-hybridized carbons (Fsp3) is 0.533. The Morgan fingerprint density at radius 1 is 1.42 bits per heavy atom. The van der Waals surface area contributed by atoms with Crippen molar-refractivity contribution in [1.82, 2.24) is 10.2 Å². The number of carbonyl (C=O) groups is 1. The van der Waals surface area contributed by atoms with Gasteiger partial charge in [-0.05, 0) is 25.3 Å². The van der Waals surface area contributed by atoms with Gasteiger partial charge in [-0.15, -0.1) is 0 Å². The summed E-state index contributed by atoms with van der Waals surface area (Å²) in [6.45, 7) is 5.48. The third-order valence-electron chi connectivity index (χ3n) is 3.67. The zero-order valence-corrected chi connectivity index (χ0v) is 11.4. The van der Waals surface area contributed by atoms with Crippen LogP contribution in [0.2, 0.25) is 0 Å². The summed E-state index contributed by atoms with van der Waals surface area (Å²) in [7, 11) is 0. The summed E-state index contributed by atoms with van der Waals surface area (Å²) in [5, 5.41) is 12.7. The van der Waals surface area contributed by atoms with E-state index in [4.69, 9.17) is 0 Å². The Balaban J connectivity index is 1.95. The molecule has 2 rings (SSSR count). The van der Waals surface area contributed by atoms with E-state index >= 15 is 0 Å². The Labute approximate surface area is 114 Å². The lowest BCUT2D eigenvalue weighted by atomic mass is 10.0. The van der Waals surface area contributed by atoms with Crippen LogP contribution in [0.1, 0.15) is 17.5 Å². The highest BCUT2D eigenvalue weighted by molar-refractivity contribution is 5.73. The van der Waals surface area contributed by atoms with Crippen LogP contribution in [0.5, 0.6) is 0 Å². The van der Waals surface area contributed by atoms with Crippen LogP contribution >= 0.6 is 0 Å². The lowest BCUT2D eigenvalue weighted by molar-refractivity contribution is -0.143. The van der Waals surface area contributed by atoms with Crippen LogP contribution in [-0.4, -0.2) is 48.2 Å². The van der Waals surface area contributed by atoms with E-state index in [2.05, 4.69) is 35.3 Å². The van der Waals surface area contributed by atoms with E-state index in [-0.39, 0.29) is 6.04 Å². The highest BCUT2D eigenvalue weighted by Crippen LogP contribution is 2.12. The minimum atomic E-state index is -0.699. The van der Waals surface area contributed by atoms with Gasteiger partial charge in [-0.2, -0.15) is 0 Å². The predicted octanol–water partition coefficient (Wildman–Crippen LogP) is 1.29. The van der Waals surface area contributed by atoms with Crippen molar-refractivity contribution in [2.45, 2.75) is 25.8 Å². The fourth-order valence-corrected chi connectivity index (χ4v) is 2.63. The van der Waals surface area contributed by atoms with Gasteiger partial charge in [0, 0.05) is 26.2 Å². The molecule has 0 bridgehead atoms. The first-order valence-corrected chi connectivity index (χ1v) is 6.90. The molecule has 1 aliphatic rings. The van der Waals surface area contributed by atoms with Crippen molar-refractivity contribution in [1.29, 1.82) is 0 Å². The Morgan fingerprint density at radius 3 is 2.79 bits per heavy atom. The van der Waals surface area contributed by atoms with Crippen LogP contribution in [0.4, 0.5) is 0 Å². The fourth-order valence-electron chi connectivity index (χ4n) is 2.63. The lowest BCUT2D eigenvalue weighted by Gasteiger charge is -2.32. The van der Waals surface area contributed by atoms with Crippen LogP contribution in [0, 0.1) is 6.92 Å². The van der Waals surface area contributed by atoms with Gasteiger partial charge < -0.3 is 10.4 Å². The second-order valence-corrected chi connectivity index (χ2v) is 5.17. The molecule has 1 unspecified atom stereocenters. The largest absolute Gasteiger partial charge is 0.480 e. The van der Waals surface area contributed by atoms with Gasteiger partial charge in [-0.3, -0.25) is 9.69 Å². The summed E-state index contributed by atoms with van der Waals surface area (Å²) < 4.78 is 0. The SMILES string of the molecule is Cc1cccc(CCC(C(=O)O)N2CCNCC2)c1. The quantitative estimate of drug-likeness (QED) is 0.839. The maximum atomic E-state index is 11.4. The van der Waals surface area contributed by atoms with Crippen molar-refractivity contribution < 1.29 is 9.90 Å². The van der Waals surface area contributed by atoms with E-state index in [1.807, 2.05) is 6.07 Å². The van der Waals surface area contributed by atoms with Crippen molar-refractivity contribution in [3.05, 3.63) is 35.4 Å². The third-order valence-corrected chi connectivity index (χ3v) is 3.67. The molecule has 0 saturated carbocycles. The molecule has 0 aromatic heterocycles. The molecule has 19 heavy (non-hydrogen) atoms. The zero-order valence-electron chi connectivity index (χ0n) is 11.4. The summed E-state index contributed by atoms with van der Waals surface area (Å²) in [6, 6.07) is 7.95. The van der Waals surface area contributed by atoms with Gasteiger partial charge in [0.1, 0.15) is 6.04 Å². The van der Waals surface area contributed by atoms with Gasteiger partial charge >= 0.3 is 5.97 Å². The van der Waals surface area contributed by atoms with Crippen LogP contribution in [0.15, 0.2) is 24.3 Å². The van der Waals surface area contributed by atoms with E-state index in [0.717, 1.165) is 32.6 Å². The molecule has 4 nitrogen and oxygen atoms in total. The number of piperazine rings is 1. The minimum absolute atomic E-state index is 0.359. The van der Waals surface area contributed by atoms with E-state index in [0.29, 0.717) is 6.42 Å². The monoisotopic (exact) mass is 262 g/mol. The zero-order chi connectivity index (χ0) is 13.7. The first-order chi connectivity index (χ1) is 9.16. The molecule has 1 atom stereocenters. The van der Waals surface area contributed by atoms with Gasteiger partial charge in [-0.25, -0.2) is 0 Å². The van der Waals surface area contributed by atoms with Gasteiger partial charge in [0.25, 0.3) is 0 Å². The summed E-state index contributed by atoms with van der Waals surface area (Å²) in [6.07, 6.45) is 1.50. The molecular weight excluding hydrogens is 240 g/mol. The molecule has 1 saturated heterocycles. The Hall–Kier alpha value is -1.39. The molecule has 0 amide bonds. The normalized spacial score (nSPS) is 18.2. The molecule has 0 radical (unpaired) electrons. The molecule has 1 aromatic carbocycles. The molecule has 0 spiro atoms. The first-order valence-electron chi connectivity index (χ1n) is 6.90. The Morgan fingerprint density at radius 2 is 2.16 bits per heavy atom. The van der Waals surface area contributed by atoms with Gasteiger partial charge in [0.05, 0.1) is 0 Å². The predicted molar refractivity (Wildman–Crippen MR) is 75.4 cm³/mol. The smallest absolute Gasteiger partial charge is 0.320 e. The van der Waals surface area contributed by atoms with E-state index in [9.17, 15) is 9.90 Å². The highest BCUT2D eigenvalue weighted by atomic mass is 16.4. The third kappa shape index (κ3) is 4.04. The highest BCUT2D eigenvalue weighted by Gasteiger charge is 2.26. The number of aryl methyl sites for hydroxylation is 2. The van der Waals surface area contributed by atoms with Crippen LogP contribution in [0.3, 0.4) is 0 Å². The number of hydrogen-bond donors (Lipinski definition) is 2. The maximum Gasteiger partial charge on any atom is 0.320 e. The topological polar surface area (TPSA) is 52.6 Å². The molecule has 4 heteroatoms. The molecular formula is C15H22N2O2. The molecule has 104 valence electrons. The number of hydrogen-bond acceptors (Lipinski definition) is 3. The van der Waals surface area contributed by atoms with Gasteiger partial charge in [0.2, 0.25) is 0 Å². The molecule has 1 fully saturated rings. The summed E-state index contributed by atoms with van der Waals surface area (Å²) in [5.41, 5.74) is 2.45. The average Bonchev–Trinajstić information content (AvgIpc) is 2.40. The van der Waals surface area contributed by atoms with Crippen molar-refractivity contribution >= 4 is 5.97 Å². The second-order valence-electron chi connectivity index (χ2n) is 5.17. The number of benzene rings is 1. The average molecular weight is 262 g/mol. The van der Waals surface area contributed by atoms with E-state index in [1.54, 1.807) is 0 Å². The van der Waals surface area contributed by atoms with Gasteiger partial charge in [0.15, 0.2) is 0 Å². The van der Waals surface area contributed by atoms with Crippen LogP contribution < -0.4 is 5.32 Å². The van der Waals surface area contributed by atoms with Crippen molar-refractivity contribution in [2.75, 3.05) is 26.2 Å². The van der Waals surface area contributed by atoms with Gasteiger partial charge in [-0.1, -0.05) is 29.8 Å². The number of nitrogens with zero attached hydrogens (tertiary/aromatic N) is 1. The van der Waals surface area contributed by atoms with Crippen molar-refractivity contribution in [2.24, 2.45) is 0 Å². The molecule has 1 aromatic rings. The minimum Gasteiger partial charge on any atom is -0.480 e. The first kappa shape index (κ1) is 14.0. The summed E-state index contributed by atoms with van der Waals surface area (Å²) >= 11 is 0. The van der Waals surface area contributed by atoms with E-state index < -0.39 is 5.97 Å². The van der Waals surface area contributed by atoms with Crippen LogP contribution in [-0.2, 0) is 11.2 Å². The maximum absolute atomic E-state index is 11.4. The second kappa shape index (κ2) is 6.68. The lowest BCUT2D eigenvalue weighted by Crippen LogP contribution is -2.51. The Kier molecular flexibility index (Phi) is 4.93. The summed E-state index contributed by atoms with van der Waals surface area (Å²) in [4.78, 5) is 13.5. The van der Waals surface area contributed by atoms with E-state index in [1.165, 1.54) is 11.1 Å². The van der Waals surface area contributed by atoms with Crippen LogP contribution in [0.25, 0.3) is 0 Å². The standard InChI is InChI=1S/C15H22N2O2/c1-12-3-2-4-13(11-12)5-6-14(15(18)19)17-9-7-16-8-10-17/h2-4,11,14,16H,5-10H2,1H3,(H,18,19). The number of carboxylic acid groups (broad SMARTS) is 1. The number of nitrogens with one attached hydrogen (secondary N) is 1. The Bertz CT molecular complexity index is 428. The summed E-state index contributed by atoms with van der Waals surface area (Å²) in [5.74, 6) is -0.699. The number of rotatable bonds is 5. The number of carboxylic acids is 1. The van der Waals surface area contributed by atoms with Crippen molar-refractivity contribution in [3.8, 4) is 0 Å². The molecule has 1 aliphatic heterocycles. The molecule has 0 aliphatic carbocycles. The number of aliphatic carboxylic acids is 1. The van der Waals surface area contributed by atoms with Crippen molar-refractivity contribution in [3.63, 3.8) is 0 Å². The molecule has 2 N–H and O–H groups in total.